The molecule has 0 aliphatic carbocycles. The molecule has 0 amide bonds. The van der Waals surface area contributed by atoms with E-state index in [4.69, 9.17) is 0 Å². The van der Waals surface area contributed by atoms with E-state index < -0.39 is 9.84 Å². The lowest BCUT2D eigenvalue weighted by Crippen LogP contribution is -2.27. The Bertz CT molecular complexity index is 305. The zero-order chi connectivity index (χ0) is 11.3. The molecule has 1 aliphatic rings. The zero-order valence-electron chi connectivity index (χ0n) is 9.24. The summed E-state index contributed by atoms with van der Waals surface area (Å²) in [6.07, 6.45) is 2.50. The van der Waals surface area contributed by atoms with Crippen LogP contribution in [0.2, 0.25) is 0 Å². The summed E-state index contributed by atoms with van der Waals surface area (Å²) >= 11 is 0. The maximum atomic E-state index is 11.5. The number of ketones is 1. The van der Waals surface area contributed by atoms with Crippen LogP contribution in [0.3, 0.4) is 0 Å². The first kappa shape index (κ1) is 12.6. The second kappa shape index (κ2) is 5.61. The molecule has 0 aromatic rings. The molecule has 88 valence electrons. The maximum absolute atomic E-state index is 11.5. The third kappa shape index (κ3) is 5.28. The normalized spacial score (nSPS) is 18.2. The minimum absolute atomic E-state index is 0.0101. The molecule has 0 unspecified atom stereocenters. The van der Waals surface area contributed by atoms with E-state index in [1.807, 2.05) is 0 Å². The number of likely N-dealkylation sites (tertiary alicyclic amines) is 1. The van der Waals surface area contributed by atoms with E-state index in [2.05, 4.69) is 4.90 Å². The smallest absolute Gasteiger partial charge is 0.152 e. The number of rotatable bonds is 6. The number of carbonyl (C=O) groups is 1. The van der Waals surface area contributed by atoms with Crippen molar-refractivity contribution < 1.29 is 13.2 Å². The second-order valence-electron chi connectivity index (χ2n) is 4.15. The van der Waals surface area contributed by atoms with E-state index in [-0.39, 0.29) is 23.7 Å². The van der Waals surface area contributed by atoms with Gasteiger partial charge >= 0.3 is 0 Å². The predicted molar refractivity (Wildman–Crippen MR) is 59.6 cm³/mol. The summed E-state index contributed by atoms with van der Waals surface area (Å²) in [7, 11) is -3.03. The van der Waals surface area contributed by atoms with Crippen LogP contribution in [0.25, 0.3) is 0 Å². The van der Waals surface area contributed by atoms with Crippen molar-refractivity contribution in [3.8, 4) is 0 Å². The van der Waals surface area contributed by atoms with Crippen LogP contribution >= 0.6 is 0 Å². The molecule has 1 fully saturated rings. The SMILES string of the molecule is CC(=O)CCS(=O)(=O)CCN1CCCC1. The molecule has 15 heavy (non-hydrogen) atoms. The minimum Gasteiger partial charge on any atom is -0.302 e. The van der Waals surface area contributed by atoms with E-state index >= 15 is 0 Å². The number of Topliss-reactive ketones (excluding diaryl/α,β-unsaturated/α-hetero) is 1. The van der Waals surface area contributed by atoms with Crippen molar-refractivity contribution in [2.24, 2.45) is 0 Å². The Morgan fingerprint density at radius 2 is 1.80 bits per heavy atom. The summed E-state index contributed by atoms with van der Waals surface area (Å²) in [5, 5.41) is 0. The number of hydrogen-bond acceptors (Lipinski definition) is 4. The van der Waals surface area contributed by atoms with Gasteiger partial charge in [-0.05, 0) is 32.9 Å². The average Bonchev–Trinajstić information content (AvgIpc) is 2.65. The van der Waals surface area contributed by atoms with E-state index in [9.17, 15) is 13.2 Å². The molecule has 4 nitrogen and oxygen atoms in total. The monoisotopic (exact) mass is 233 g/mol. The Kier molecular flexibility index (Phi) is 4.73. The largest absolute Gasteiger partial charge is 0.302 e. The first-order valence-corrected chi connectivity index (χ1v) is 7.24. The minimum atomic E-state index is -3.03. The van der Waals surface area contributed by atoms with Crippen molar-refractivity contribution in [3.05, 3.63) is 0 Å². The molecule has 0 N–H and O–H groups in total. The first-order valence-electron chi connectivity index (χ1n) is 5.42. The molecule has 1 aliphatic heterocycles. The second-order valence-corrected chi connectivity index (χ2v) is 6.46. The molecule has 0 saturated carbocycles. The summed E-state index contributed by atoms with van der Waals surface area (Å²) in [4.78, 5) is 12.8. The van der Waals surface area contributed by atoms with Crippen molar-refractivity contribution in [2.45, 2.75) is 26.2 Å². The van der Waals surface area contributed by atoms with Gasteiger partial charge < -0.3 is 4.90 Å². The van der Waals surface area contributed by atoms with Gasteiger partial charge in [0, 0.05) is 13.0 Å². The molecule has 0 aromatic heterocycles. The van der Waals surface area contributed by atoms with Crippen LogP contribution in [-0.2, 0) is 14.6 Å². The number of sulfone groups is 1. The van der Waals surface area contributed by atoms with E-state index in [0.717, 1.165) is 13.1 Å². The van der Waals surface area contributed by atoms with Crippen molar-refractivity contribution >= 4 is 15.6 Å². The average molecular weight is 233 g/mol. The fourth-order valence-electron chi connectivity index (χ4n) is 1.68. The van der Waals surface area contributed by atoms with Crippen LogP contribution in [0.4, 0.5) is 0 Å². The highest BCUT2D eigenvalue weighted by molar-refractivity contribution is 7.91. The van der Waals surface area contributed by atoms with Gasteiger partial charge in [0.05, 0.1) is 11.5 Å². The Balaban J connectivity index is 2.26. The van der Waals surface area contributed by atoms with Crippen LogP contribution in [0.1, 0.15) is 26.2 Å². The molecule has 0 bridgehead atoms. The maximum Gasteiger partial charge on any atom is 0.152 e. The van der Waals surface area contributed by atoms with Gasteiger partial charge in [-0.15, -0.1) is 0 Å². The first-order chi connectivity index (χ1) is 6.99. The van der Waals surface area contributed by atoms with Gasteiger partial charge in [-0.2, -0.15) is 0 Å². The quantitative estimate of drug-likeness (QED) is 0.669. The highest BCUT2D eigenvalue weighted by Crippen LogP contribution is 2.07. The van der Waals surface area contributed by atoms with Gasteiger partial charge in [0.15, 0.2) is 9.84 Å². The molecule has 0 atom stereocenters. The summed E-state index contributed by atoms with van der Waals surface area (Å²) in [5.41, 5.74) is 0. The van der Waals surface area contributed by atoms with Crippen molar-refractivity contribution in [3.63, 3.8) is 0 Å². The highest BCUT2D eigenvalue weighted by atomic mass is 32.2. The zero-order valence-corrected chi connectivity index (χ0v) is 10.1. The molecule has 1 saturated heterocycles. The molecule has 1 heterocycles. The predicted octanol–water partition coefficient (Wildman–Crippen LogP) is 0.476. The third-order valence-corrected chi connectivity index (χ3v) is 4.31. The summed E-state index contributed by atoms with van der Waals surface area (Å²) in [5.74, 6) is 0.149. The van der Waals surface area contributed by atoms with Crippen molar-refractivity contribution in [1.29, 1.82) is 0 Å². The van der Waals surface area contributed by atoms with Gasteiger partial charge in [-0.3, -0.25) is 4.79 Å². The molecule has 0 spiro atoms. The third-order valence-electron chi connectivity index (χ3n) is 2.68. The standard InChI is InChI=1S/C10H19NO3S/c1-10(12)4-8-15(13,14)9-7-11-5-2-3-6-11/h2-9H2,1H3. The molecular formula is C10H19NO3S. The van der Waals surface area contributed by atoms with E-state index in [1.54, 1.807) is 0 Å². The fraction of sp³-hybridized carbons (Fsp3) is 0.900. The Labute approximate surface area is 91.6 Å². The Morgan fingerprint density at radius 3 is 2.33 bits per heavy atom. The van der Waals surface area contributed by atoms with E-state index in [1.165, 1.54) is 19.8 Å². The van der Waals surface area contributed by atoms with Gasteiger partial charge in [0.2, 0.25) is 0 Å². The van der Waals surface area contributed by atoms with Gasteiger partial charge in [-0.1, -0.05) is 0 Å². The van der Waals surface area contributed by atoms with Crippen molar-refractivity contribution in [2.75, 3.05) is 31.1 Å². The van der Waals surface area contributed by atoms with Crippen LogP contribution in [0.5, 0.6) is 0 Å². The lowest BCUT2D eigenvalue weighted by Gasteiger charge is -2.13. The summed E-state index contributed by atoms with van der Waals surface area (Å²) < 4.78 is 23.0. The van der Waals surface area contributed by atoms with Gasteiger partial charge in [-0.25, -0.2) is 8.42 Å². The summed E-state index contributed by atoms with van der Waals surface area (Å²) in [6, 6.07) is 0. The van der Waals surface area contributed by atoms with Crippen LogP contribution in [0.15, 0.2) is 0 Å². The number of nitrogens with zero attached hydrogens (tertiary/aromatic N) is 1. The fourth-order valence-corrected chi connectivity index (χ4v) is 3.01. The molecule has 1 rings (SSSR count). The van der Waals surface area contributed by atoms with Gasteiger partial charge in [0.1, 0.15) is 5.78 Å². The lowest BCUT2D eigenvalue weighted by molar-refractivity contribution is -0.116. The van der Waals surface area contributed by atoms with Gasteiger partial charge in [0.25, 0.3) is 0 Å². The Morgan fingerprint density at radius 1 is 1.20 bits per heavy atom. The molecule has 0 radical (unpaired) electrons. The summed E-state index contributed by atoms with van der Waals surface area (Å²) in [6.45, 7) is 4.08. The number of hydrogen-bond donors (Lipinski definition) is 0. The molecule has 0 aromatic carbocycles. The molecular weight excluding hydrogens is 214 g/mol. The number of carbonyl (C=O) groups excluding carboxylic acids is 1. The van der Waals surface area contributed by atoms with Crippen LogP contribution in [0, 0.1) is 0 Å². The van der Waals surface area contributed by atoms with Crippen LogP contribution in [-0.4, -0.2) is 50.2 Å². The molecule has 5 heteroatoms. The van der Waals surface area contributed by atoms with E-state index in [0.29, 0.717) is 6.54 Å². The Hall–Kier alpha value is -0.420. The topological polar surface area (TPSA) is 54.5 Å². The lowest BCUT2D eigenvalue weighted by atomic mass is 10.4. The van der Waals surface area contributed by atoms with Crippen LogP contribution < -0.4 is 0 Å². The van der Waals surface area contributed by atoms with Crippen molar-refractivity contribution in [1.82, 2.24) is 4.90 Å². The highest BCUT2D eigenvalue weighted by Gasteiger charge is 2.16.